The van der Waals surface area contributed by atoms with E-state index in [4.69, 9.17) is 9.47 Å². The molecule has 0 aliphatic carbocycles. The lowest BCUT2D eigenvalue weighted by molar-refractivity contribution is -0.0167. The molecule has 2 aromatic rings. The molecule has 0 aliphatic heterocycles. The standard InChI is InChI=1S/C16H21NO3/c1-16(2,3)20-9-8-19-15-10-12(11-18)13-6-4-5-7-14(13)17-15/h4-7,10,18H,8-9,11H2,1-3H3. The van der Waals surface area contributed by atoms with Crippen LogP contribution in [-0.4, -0.2) is 28.9 Å². The van der Waals surface area contributed by atoms with Gasteiger partial charge in [-0.2, -0.15) is 0 Å². The van der Waals surface area contributed by atoms with Gasteiger partial charge in [-0.15, -0.1) is 0 Å². The van der Waals surface area contributed by atoms with E-state index in [0.29, 0.717) is 19.1 Å². The lowest BCUT2D eigenvalue weighted by Crippen LogP contribution is -2.22. The van der Waals surface area contributed by atoms with Crippen molar-refractivity contribution < 1.29 is 14.6 Å². The normalized spacial score (nSPS) is 11.8. The van der Waals surface area contributed by atoms with Gasteiger partial charge in [-0.1, -0.05) is 18.2 Å². The van der Waals surface area contributed by atoms with E-state index < -0.39 is 0 Å². The average molecular weight is 275 g/mol. The van der Waals surface area contributed by atoms with Crippen molar-refractivity contribution in [2.75, 3.05) is 13.2 Å². The highest BCUT2D eigenvalue weighted by atomic mass is 16.5. The number of pyridine rings is 1. The minimum atomic E-state index is -0.170. The number of hydrogen-bond acceptors (Lipinski definition) is 4. The minimum Gasteiger partial charge on any atom is -0.475 e. The van der Waals surface area contributed by atoms with Gasteiger partial charge < -0.3 is 14.6 Å². The van der Waals surface area contributed by atoms with Crippen LogP contribution in [0.15, 0.2) is 30.3 Å². The Labute approximate surface area is 119 Å². The van der Waals surface area contributed by atoms with E-state index in [1.807, 2.05) is 45.0 Å². The number of aromatic nitrogens is 1. The fourth-order valence-corrected chi connectivity index (χ4v) is 1.92. The molecular formula is C16H21NO3. The Kier molecular flexibility index (Phi) is 4.57. The summed E-state index contributed by atoms with van der Waals surface area (Å²) in [5.41, 5.74) is 1.48. The SMILES string of the molecule is CC(C)(C)OCCOc1cc(CO)c2ccccc2n1. The second-order valence-electron chi connectivity index (χ2n) is 5.60. The number of rotatable bonds is 5. The van der Waals surface area contributed by atoms with Crippen molar-refractivity contribution in [3.63, 3.8) is 0 Å². The second-order valence-corrected chi connectivity index (χ2v) is 5.60. The highest BCUT2D eigenvalue weighted by molar-refractivity contribution is 5.82. The molecule has 0 saturated carbocycles. The number of para-hydroxylation sites is 1. The molecular weight excluding hydrogens is 254 g/mol. The number of hydrogen-bond donors (Lipinski definition) is 1. The largest absolute Gasteiger partial charge is 0.475 e. The Bertz CT molecular complexity index is 575. The van der Waals surface area contributed by atoms with E-state index >= 15 is 0 Å². The first-order valence-electron chi connectivity index (χ1n) is 6.76. The van der Waals surface area contributed by atoms with Crippen LogP contribution in [0.3, 0.4) is 0 Å². The van der Waals surface area contributed by atoms with E-state index in [1.165, 1.54) is 0 Å². The summed E-state index contributed by atoms with van der Waals surface area (Å²) in [5, 5.41) is 10.4. The lowest BCUT2D eigenvalue weighted by Gasteiger charge is -2.19. The van der Waals surface area contributed by atoms with Crippen molar-refractivity contribution in [2.45, 2.75) is 33.0 Å². The zero-order valence-electron chi connectivity index (χ0n) is 12.2. The van der Waals surface area contributed by atoms with Crippen LogP contribution in [0.4, 0.5) is 0 Å². The van der Waals surface area contributed by atoms with Gasteiger partial charge in [-0.25, -0.2) is 4.98 Å². The van der Waals surface area contributed by atoms with Gasteiger partial charge in [0.15, 0.2) is 0 Å². The number of aliphatic hydroxyl groups excluding tert-OH is 1. The monoisotopic (exact) mass is 275 g/mol. The molecule has 0 unspecified atom stereocenters. The first kappa shape index (κ1) is 14.8. The fourth-order valence-electron chi connectivity index (χ4n) is 1.92. The molecule has 1 aromatic carbocycles. The van der Waals surface area contributed by atoms with Gasteiger partial charge in [0.05, 0.1) is 24.3 Å². The maximum absolute atomic E-state index is 9.43. The molecule has 0 fully saturated rings. The molecule has 20 heavy (non-hydrogen) atoms. The first-order chi connectivity index (χ1) is 9.49. The number of aliphatic hydroxyl groups is 1. The summed E-state index contributed by atoms with van der Waals surface area (Å²) in [4.78, 5) is 4.43. The van der Waals surface area contributed by atoms with Crippen molar-refractivity contribution in [1.82, 2.24) is 4.98 Å². The number of nitrogens with zero attached hydrogens (tertiary/aromatic N) is 1. The van der Waals surface area contributed by atoms with Crippen LogP contribution in [0.1, 0.15) is 26.3 Å². The molecule has 4 nitrogen and oxygen atoms in total. The van der Waals surface area contributed by atoms with Gasteiger partial charge >= 0.3 is 0 Å². The van der Waals surface area contributed by atoms with Crippen LogP contribution >= 0.6 is 0 Å². The molecule has 0 spiro atoms. The Morgan fingerprint density at radius 3 is 2.60 bits per heavy atom. The molecule has 0 saturated heterocycles. The van der Waals surface area contributed by atoms with Gasteiger partial charge in [-0.3, -0.25) is 0 Å². The molecule has 4 heteroatoms. The van der Waals surface area contributed by atoms with Crippen molar-refractivity contribution in [3.8, 4) is 5.88 Å². The summed E-state index contributed by atoms with van der Waals surface area (Å²) in [6.45, 7) is 6.93. The van der Waals surface area contributed by atoms with E-state index in [1.54, 1.807) is 6.07 Å². The highest BCUT2D eigenvalue weighted by Gasteiger charge is 2.10. The van der Waals surface area contributed by atoms with Crippen LogP contribution in [0, 0.1) is 0 Å². The molecule has 108 valence electrons. The molecule has 0 amide bonds. The predicted octanol–water partition coefficient (Wildman–Crippen LogP) is 2.92. The number of ether oxygens (including phenoxy) is 2. The van der Waals surface area contributed by atoms with Gasteiger partial charge in [0.1, 0.15) is 6.61 Å². The highest BCUT2D eigenvalue weighted by Crippen LogP contribution is 2.22. The number of fused-ring (bicyclic) bond motifs is 1. The van der Waals surface area contributed by atoms with Crippen molar-refractivity contribution >= 4 is 10.9 Å². The molecule has 0 atom stereocenters. The molecule has 0 aliphatic rings. The maximum atomic E-state index is 9.43. The third-order valence-corrected chi connectivity index (χ3v) is 2.82. The van der Waals surface area contributed by atoms with Crippen LogP contribution < -0.4 is 4.74 Å². The summed E-state index contributed by atoms with van der Waals surface area (Å²) in [5.74, 6) is 0.519. The summed E-state index contributed by atoms with van der Waals surface area (Å²) in [7, 11) is 0. The quantitative estimate of drug-likeness (QED) is 0.852. The third-order valence-electron chi connectivity index (χ3n) is 2.82. The number of benzene rings is 1. The van der Waals surface area contributed by atoms with E-state index in [2.05, 4.69) is 4.98 Å². The Hall–Kier alpha value is -1.65. The second kappa shape index (κ2) is 6.20. The molecule has 0 bridgehead atoms. The maximum Gasteiger partial charge on any atom is 0.214 e. The molecule has 2 rings (SSSR count). The molecule has 1 heterocycles. The predicted molar refractivity (Wildman–Crippen MR) is 78.9 cm³/mol. The first-order valence-corrected chi connectivity index (χ1v) is 6.76. The lowest BCUT2D eigenvalue weighted by atomic mass is 10.1. The summed E-state index contributed by atoms with van der Waals surface area (Å²) < 4.78 is 11.2. The van der Waals surface area contributed by atoms with E-state index in [0.717, 1.165) is 16.5 Å². The van der Waals surface area contributed by atoms with Crippen molar-refractivity contribution in [2.24, 2.45) is 0 Å². The van der Waals surface area contributed by atoms with Crippen molar-refractivity contribution in [3.05, 3.63) is 35.9 Å². The van der Waals surface area contributed by atoms with Gasteiger partial charge in [0.2, 0.25) is 5.88 Å². The smallest absolute Gasteiger partial charge is 0.214 e. The Morgan fingerprint density at radius 1 is 1.15 bits per heavy atom. The molecule has 1 N–H and O–H groups in total. The van der Waals surface area contributed by atoms with Gasteiger partial charge in [-0.05, 0) is 32.4 Å². The average Bonchev–Trinajstić information content (AvgIpc) is 2.41. The van der Waals surface area contributed by atoms with Crippen LogP contribution in [0.2, 0.25) is 0 Å². The molecule has 0 radical (unpaired) electrons. The van der Waals surface area contributed by atoms with Crippen molar-refractivity contribution in [1.29, 1.82) is 0 Å². The Morgan fingerprint density at radius 2 is 1.90 bits per heavy atom. The third kappa shape index (κ3) is 3.92. The summed E-state index contributed by atoms with van der Waals surface area (Å²) in [6, 6.07) is 9.48. The minimum absolute atomic E-state index is 0.0299. The summed E-state index contributed by atoms with van der Waals surface area (Å²) in [6.07, 6.45) is 0. The van der Waals surface area contributed by atoms with Crippen LogP contribution in [0.25, 0.3) is 10.9 Å². The van der Waals surface area contributed by atoms with E-state index in [-0.39, 0.29) is 12.2 Å². The Balaban J connectivity index is 2.07. The summed E-state index contributed by atoms with van der Waals surface area (Å²) >= 11 is 0. The zero-order chi connectivity index (χ0) is 14.6. The van der Waals surface area contributed by atoms with E-state index in [9.17, 15) is 5.11 Å². The zero-order valence-corrected chi connectivity index (χ0v) is 12.2. The molecule has 1 aromatic heterocycles. The van der Waals surface area contributed by atoms with Crippen LogP contribution in [-0.2, 0) is 11.3 Å². The van der Waals surface area contributed by atoms with Crippen LogP contribution in [0.5, 0.6) is 5.88 Å². The topological polar surface area (TPSA) is 51.6 Å². The van der Waals surface area contributed by atoms with Gasteiger partial charge in [0.25, 0.3) is 0 Å². The van der Waals surface area contributed by atoms with Gasteiger partial charge in [0, 0.05) is 11.5 Å². The fraction of sp³-hybridized carbons (Fsp3) is 0.438.